The van der Waals surface area contributed by atoms with Gasteiger partial charge in [-0.25, -0.2) is 9.97 Å². The van der Waals surface area contributed by atoms with Crippen LogP contribution in [0.4, 0.5) is 5.82 Å². The molecule has 2 aliphatic rings. The molecule has 2 aromatic heterocycles. The molecule has 3 aromatic rings. The van der Waals surface area contributed by atoms with Crippen LogP contribution in [0.3, 0.4) is 0 Å². The number of aromatic nitrogens is 3. The lowest BCUT2D eigenvalue weighted by Crippen LogP contribution is -2.53. The number of rotatable bonds is 8. The van der Waals surface area contributed by atoms with Crippen LogP contribution in [-0.2, 0) is 22.6 Å². The van der Waals surface area contributed by atoms with Crippen molar-refractivity contribution in [3.63, 3.8) is 0 Å². The van der Waals surface area contributed by atoms with Crippen LogP contribution < -0.4 is 20.9 Å². The number of carbonyl (C=O) groups excluding carboxylic acids is 1. The zero-order chi connectivity index (χ0) is 25.1. The van der Waals surface area contributed by atoms with Crippen molar-refractivity contribution in [2.24, 2.45) is 0 Å². The van der Waals surface area contributed by atoms with E-state index in [1.807, 2.05) is 30.3 Å². The number of nitrogens with one attached hydrogen (secondary N) is 2. The highest BCUT2D eigenvalue weighted by atomic mass is 32.2. The molecule has 11 heteroatoms. The summed E-state index contributed by atoms with van der Waals surface area (Å²) in [6.07, 6.45) is 2.30. The van der Waals surface area contributed by atoms with Gasteiger partial charge in [0.2, 0.25) is 5.91 Å². The number of hydrogen-bond acceptors (Lipinski definition) is 9. The van der Waals surface area contributed by atoms with E-state index in [9.17, 15) is 9.59 Å². The van der Waals surface area contributed by atoms with E-state index in [1.165, 1.54) is 18.0 Å². The number of ether oxygens (including phenoxy) is 2. The Morgan fingerprint density at radius 1 is 1.19 bits per heavy atom. The molecule has 1 saturated heterocycles. The minimum absolute atomic E-state index is 0.0117. The van der Waals surface area contributed by atoms with E-state index in [0.29, 0.717) is 30.4 Å². The summed E-state index contributed by atoms with van der Waals surface area (Å²) >= 11 is 1.51. The summed E-state index contributed by atoms with van der Waals surface area (Å²) in [5, 5.41) is 6.43. The van der Waals surface area contributed by atoms with Crippen molar-refractivity contribution >= 4 is 34.5 Å². The Bertz CT molecular complexity index is 1320. The van der Waals surface area contributed by atoms with Crippen LogP contribution >= 0.6 is 11.8 Å². The smallest absolute Gasteiger partial charge is 0.269 e. The molecule has 1 fully saturated rings. The molecule has 190 valence electrons. The van der Waals surface area contributed by atoms with Gasteiger partial charge in [0.05, 0.1) is 46.8 Å². The molecule has 2 N–H and O–H groups in total. The zero-order valence-corrected chi connectivity index (χ0v) is 21.2. The maximum Gasteiger partial charge on any atom is 0.269 e. The van der Waals surface area contributed by atoms with Gasteiger partial charge in [0.25, 0.3) is 5.56 Å². The number of benzene rings is 1. The number of thioether (sulfide) groups is 1. The predicted molar refractivity (Wildman–Crippen MR) is 139 cm³/mol. The SMILES string of the molecule is COc1ccc2ncc(=O)n(CCN3CC[C@H](NCc4ccc5c(n4)NC(=O)CS5)[C@H](OC)C3)c2c1. The fraction of sp³-hybridized carbons (Fsp3) is 0.440. The van der Waals surface area contributed by atoms with E-state index in [1.54, 1.807) is 18.8 Å². The second kappa shape index (κ2) is 11.0. The summed E-state index contributed by atoms with van der Waals surface area (Å²) in [5.41, 5.74) is 2.30. The van der Waals surface area contributed by atoms with E-state index in [0.717, 1.165) is 47.7 Å². The monoisotopic (exact) mass is 510 g/mol. The lowest BCUT2D eigenvalue weighted by Gasteiger charge is -2.38. The van der Waals surface area contributed by atoms with Gasteiger partial charge in [0.1, 0.15) is 11.6 Å². The van der Waals surface area contributed by atoms with Crippen molar-refractivity contribution in [1.29, 1.82) is 0 Å². The molecular formula is C25H30N6O4S. The molecule has 0 bridgehead atoms. The maximum absolute atomic E-state index is 12.6. The number of amides is 1. The Morgan fingerprint density at radius 3 is 2.92 bits per heavy atom. The number of methoxy groups -OCH3 is 2. The number of nitrogens with zero attached hydrogens (tertiary/aromatic N) is 4. The Morgan fingerprint density at radius 2 is 2.08 bits per heavy atom. The van der Waals surface area contributed by atoms with Crippen LogP contribution in [0.25, 0.3) is 11.0 Å². The summed E-state index contributed by atoms with van der Waals surface area (Å²) in [6.45, 7) is 3.54. The van der Waals surface area contributed by atoms with Crippen LogP contribution in [0.15, 0.2) is 46.2 Å². The average molecular weight is 511 g/mol. The Hall–Kier alpha value is -2.99. The third kappa shape index (κ3) is 5.39. The first-order chi connectivity index (χ1) is 17.5. The number of carbonyl (C=O) groups is 1. The van der Waals surface area contributed by atoms with Crippen LogP contribution in [-0.4, -0.2) is 77.1 Å². The summed E-state index contributed by atoms with van der Waals surface area (Å²) in [4.78, 5) is 36.5. The van der Waals surface area contributed by atoms with Crippen LogP contribution in [0, 0.1) is 0 Å². The molecule has 10 nitrogen and oxygen atoms in total. The first-order valence-corrected chi connectivity index (χ1v) is 13.0. The van der Waals surface area contributed by atoms with Gasteiger partial charge in [-0.1, -0.05) is 0 Å². The van der Waals surface area contributed by atoms with Gasteiger partial charge in [-0.05, 0) is 37.2 Å². The molecule has 0 radical (unpaired) electrons. The largest absolute Gasteiger partial charge is 0.497 e. The predicted octanol–water partition coefficient (Wildman–Crippen LogP) is 1.72. The normalized spacial score (nSPS) is 20.2. The highest BCUT2D eigenvalue weighted by Crippen LogP contribution is 2.29. The number of hydrogen-bond donors (Lipinski definition) is 2. The van der Waals surface area contributed by atoms with Gasteiger partial charge in [-0.15, -0.1) is 11.8 Å². The van der Waals surface area contributed by atoms with Gasteiger partial charge in [-0.2, -0.15) is 0 Å². The quantitative estimate of drug-likeness (QED) is 0.468. The summed E-state index contributed by atoms with van der Waals surface area (Å²) in [5.74, 6) is 1.76. The highest BCUT2D eigenvalue weighted by Gasteiger charge is 2.29. The fourth-order valence-corrected chi connectivity index (χ4v) is 5.49. The van der Waals surface area contributed by atoms with E-state index < -0.39 is 0 Å². The highest BCUT2D eigenvalue weighted by molar-refractivity contribution is 8.00. The van der Waals surface area contributed by atoms with Crippen LogP contribution in [0.1, 0.15) is 12.1 Å². The van der Waals surface area contributed by atoms with Crippen LogP contribution in [0.2, 0.25) is 0 Å². The summed E-state index contributed by atoms with van der Waals surface area (Å²) in [7, 11) is 3.35. The van der Waals surface area contributed by atoms with Gasteiger partial charge in [-0.3, -0.25) is 14.5 Å². The first kappa shape index (κ1) is 24.7. The second-order valence-electron chi connectivity index (χ2n) is 8.94. The van der Waals surface area contributed by atoms with E-state index in [4.69, 9.17) is 9.47 Å². The van der Waals surface area contributed by atoms with Crippen LogP contribution in [0.5, 0.6) is 5.75 Å². The molecule has 1 amide bonds. The number of likely N-dealkylation sites (tertiary alicyclic amines) is 1. The Labute approximate surface area is 213 Å². The van der Waals surface area contributed by atoms with Crippen molar-refractivity contribution in [1.82, 2.24) is 24.8 Å². The standard InChI is InChI=1S/C25H30N6O4S/c1-34-17-4-5-18-20(11-17)31(24(33)13-27-18)10-9-30-8-7-19(21(14-30)35-2)26-12-16-3-6-22-25(28-16)29-23(32)15-36-22/h3-6,11,13,19,21,26H,7-10,12,14-15H2,1-2H3,(H,28,29,32)/t19-,21+/m0/s1. The van der Waals surface area contributed by atoms with E-state index in [-0.39, 0.29) is 23.6 Å². The minimum atomic E-state index is -0.122. The zero-order valence-electron chi connectivity index (χ0n) is 20.4. The molecule has 0 unspecified atom stereocenters. The van der Waals surface area contributed by atoms with Gasteiger partial charge in [0, 0.05) is 45.4 Å². The Balaban J connectivity index is 1.19. The molecule has 36 heavy (non-hydrogen) atoms. The van der Waals surface area contributed by atoms with Crippen molar-refractivity contribution in [3.05, 3.63) is 52.6 Å². The van der Waals surface area contributed by atoms with E-state index in [2.05, 4.69) is 25.5 Å². The number of piperidine rings is 1. The molecule has 4 heterocycles. The molecule has 5 rings (SSSR count). The van der Waals surface area contributed by atoms with Crippen molar-refractivity contribution in [3.8, 4) is 5.75 Å². The summed E-state index contributed by atoms with van der Waals surface area (Å²) < 4.78 is 12.9. The number of anilines is 1. The van der Waals surface area contributed by atoms with Crippen molar-refractivity contribution in [2.45, 2.75) is 36.6 Å². The lowest BCUT2D eigenvalue weighted by molar-refractivity contribution is -0.113. The average Bonchev–Trinajstić information content (AvgIpc) is 2.90. The third-order valence-electron chi connectivity index (χ3n) is 6.72. The molecule has 2 aliphatic heterocycles. The van der Waals surface area contributed by atoms with Gasteiger partial charge in [0.15, 0.2) is 0 Å². The molecule has 0 aliphatic carbocycles. The number of fused-ring (bicyclic) bond motifs is 2. The molecule has 0 saturated carbocycles. The van der Waals surface area contributed by atoms with Gasteiger partial charge >= 0.3 is 0 Å². The minimum Gasteiger partial charge on any atom is -0.497 e. The third-order valence-corrected chi connectivity index (χ3v) is 7.76. The molecule has 0 spiro atoms. The summed E-state index contributed by atoms with van der Waals surface area (Å²) in [6, 6.07) is 9.77. The molecule has 2 atom stereocenters. The lowest BCUT2D eigenvalue weighted by atomic mass is 10.0. The maximum atomic E-state index is 12.6. The first-order valence-electron chi connectivity index (χ1n) is 12.0. The van der Waals surface area contributed by atoms with Crippen molar-refractivity contribution < 1.29 is 14.3 Å². The van der Waals surface area contributed by atoms with Crippen molar-refractivity contribution in [2.75, 3.05) is 44.9 Å². The Kier molecular flexibility index (Phi) is 7.51. The second-order valence-corrected chi connectivity index (χ2v) is 9.96. The molecule has 1 aromatic carbocycles. The van der Waals surface area contributed by atoms with E-state index >= 15 is 0 Å². The number of pyridine rings is 1. The fourth-order valence-electron chi connectivity index (χ4n) is 4.74. The molecular weight excluding hydrogens is 480 g/mol. The van der Waals surface area contributed by atoms with Gasteiger partial charge < -0.3 is 24.7 Å². The topological polar surface area (TPSA) is 111 Å².